The second kappa shape index (κ2) is 22.4. The largest absolute Gasteiger partial charge is 3.00 e. The van der Waals surface area contributed by atoms with Gasteiger partial charge in [-0.3, -0.25) is 14.4 Å². The van der Waals surface area contributed by atoms with Crippen molar-refractivity contribution in [3.05, 3.63) is 146 Å². The van der Waals surface area contributed by atoms with Crippen LogP contribution < -0.4 is 14.2 Å². The first kappa shape index (κ1) is 43.6. The quantitative estimate of drug-likeness (QED) is 0.0753. The van der Waals surface area contributed by atoms with E-state index in [0.29, 0.717) is 30.1 Å². The molecule has 0 atom stereocenters. The molecule has 0 aliphatic carbocycles. The molecule has 0 saturated carbocycles. The number of ether oxygens (including phenoxy) is 3. The molecule has 0 bridgehead atoms. The third-order valence-electron chi connectivity index (χ3n) is 7.83. The summed E-state index contributed by atoms with van der Waals surface area (Å²) in [6, 6.07) is 41.8. The SMILES string of the molecule is CCC(=O)Oc1cc[c-]c(-c2ccccn2)c1.CCC(=O)Oc1cc[c-]c(-c2ccccn2)c1.CCC(C)(C)C(=O)Oc1cc[c-]c(-c2ccccn2)c1.[Ir+3]. The van der Waals surface area contributed by atoms with Crippen LogP contribution in [0.1, 0.15) is 53.9 Å². The Kier molecular flexibility index (Phi) is 17.7. The number of carbonyl (C=O) groups excluding carboxylic acids is 3. The zero-order valence-electron chi connectivity index (χ0n) is 31.4. The van der Waals surface area contributed by atoms with Crippen molar-refractivity contribution in [3.63, 3.8) is 0 Å². The van der Waals surface area contributed by atoms with Gasteiger partial charge >= 0.3 is 38.0 Å². The second-order valence-electron chi connectivity index (χ2n) is 12.2. The number of esters is 3. The first-order chi connectivity index (χ1) is 26.1. The van der Waals surface area contributed by atoms with Gasteiger partial charge in [0.2, 0.25) is 0 Å². The van der Waals surface area contributed by atoms with Gasteiger partial charge in [-0.1, -0.05) is 57.2 Å². The third-order valence-corrected chi connectivity index (χ3v) is 7.83. The van der Waals surface area contributed by atoms with E-state index in [1.807, 2.05) is 75.4 Å². The fourth-order valence-corrected chi connectivity index (χ4v) is 4.33. The average Bonchev–Trinajstić information content (AvgIpc) is 3.22. The van der Waals surface area contributed by atoms with Gasteiger partial charge in [0.05, 0.1) is 22.7 Å². The van der Waals surface area contributed by atoms with Crippen LogP contribution in [0.3, 0.4) is 0 Å². The molecule has 6 aromatic rings. The number of nitrogens with zero attached hydrogens (tertiary/aromatic N) is 3. The number of carbonyl (C=O) groups is 3. The van der Waals surface area contributed by atoms with E-state index in [1.165, 1.54) is 0 Å². The summed E-state index contributed by atoms with van der Waals surface area (Å²) in [7, 11) is 0. The molecule has 0 aliphatic rings. The van der Waals surface area contributed by atoms with Gasteiger partial charge in [-0.15, -0.1) is 89.5 Å². The van der Waals surface area contributed by atoms with E-state index in [2.05, 4.69) is 33.2 Å². The molecule has 55 heavy (non-hydrogen) atoms. The third kappa shape index (κ3) is 14.2. The summed E-state index contributed by atoms with van der Waals surface area (Å²) in [4.78, 5) is 47.1. The average molecular weight is 913 g/mol. The van der Waals surface area contributed by atoms with Crippen LogP contribution in [-0.2, 0) is 34.5 Å². The second-order valence-corrected chi connectivity index (χ2v) is 12.2. The van der Waals surface area contributed by atoms with Gasteiger partial charge in [-0.2, -0.15) is 0 Å². The van der Waals surface area contributed by atoms with Gasteiger partial charge in [0.15, 0.2) is 0 Å². The van der Waals surface area contributed by atoms with Crippen LogP contribution in [-0.4, -0.2) is 32.9 Å². The van der Waals surface area contributed by atoms with Crippen molar-refractivity contribution in [3.8, 4) is 51.0 Å². The van der Waals surface area contributed by atoms with Crippen LogP contribution in [0.25, 0.3) is 33.8 Å². The van der Waals surface area contributed by atoms with Crippen molar-refractivity contribution < 1.29 is 48.7 Å². The number of hydrogen-bond donors (Lipinski definition) is 0. The van der Waals surface area contributed by atoms with Crippen molar-refractivity contribution in [1.82, 2.24) is 15.0 Å². The van der Waals surface area contributed by atoms with Crippen molar-refractivity contribution >= 4 is 17.9 Å². The summed E-state index contributed by atoms with van der Waals surface area (Å²) >= 11 is 0. The summed E-state index contributed by atoms with van der Waals surface area (Å²) in [5, 5.41) is 0. The van der Waals surface area contributed by atoms with Gasteiger partial charge in [-0.25, -0.2) is 0 Å². The van der Waals surface area contributed by atoms with Gasteiger partial charge in [0.1, 0.15) is 0 Å². The maximum atomic E-state index is 12.1. The standard InChI is InChI=1S/C17H18NO2.2C14H12NO2.Ir/c1-4-17(2,3)16(19)20-14-9-7-8-13(12-14)15-10-5-6-11-18-15;2*1-2-14(16)17-12-7-5-6-11(10-12)13-8-3-4-9-15-13;/h5-7,9-12H,4H2,1-3H3;2*3-5,7-10H,2H2,1H3;/q3*-1;+3. The summed E-state index contributed by atoms with van der Waals surface area (Å²) in [5.74, 6) is 0.855. The van der Waals surface area contributed by atoms with E-state index >= 15 is 0 Å². The maximum Gasteiger partial charge on any atom is 3.00 e. The molecule has 10 heteroatoms. The molecule has 282 valence electrons. The van der Waals surface area contributed by atoms with Crippen LogP contribution in [0.15, 0.2) is 128 Å². The van der Waals surface area contributed by atoms with Crippen molar-refractivity contribution in [1.29, 1.82) is 0 Å². The molecule has 3 aromatic heterocycles. The normalized spacial score (nSPS) is 10.2. The van der Waals surface area contributed by atoms with Crippen LogP contribution in [0.2, 0.25) is 0 Å². The molecule has 0 saturated heterocycles. The molecule has 9 nitrogen and oxygen atoms in total. The van der Waals surface area contributed by atoms with Crippen LogP contribution in [0.4, 0.5) is 0 Å². The monoisotopic (exact) mass is 913 g/mol. The number of aromatic nitrogens is 3. The Morgan fingerprint density at radius 2 is 0.891 bits per heavy atom. The Hall–Kier alpha value is -5.83. The Morgan fingerprint density at radius 1 is 0.545 bits per heavy atom. The van der Waals surface area contributed by atoms with Crippen molar-refractivity contribution in [2.45, 2.75) is 53.9 Å². The van der Waals surface area contributed by atoms with Crippen molar-refractivity contribution in [2.75, 3.05) is 0 Å². The first-order valence-electron chi connectivity index (χ1n) is 17.5. The fraction of sp³-hybridized carbons (Fsp3) is 0.200. The zero-order chi connectivity index (χ0) is 38.8. The minimum absolute atomic E-state index is 0. The zero-order valence-corrected chi connectivity index (χ0v) is 33.8. The summed E-state index contributed by atoms with van der Waals surface area (Å²) in [6.07, 6.45) is 6.61. The molecule has 0 amide bonds. The molecule has 3 aromatic carbocycles. The predicted octanol–water partition coefficient (Wildman–Crippen LogP) is 9.62. The van der Waals surface area contributed by atoms with Crippen LogP contribution >= 0.6 is 0 Å². The predicted molar refractivity (Wildman–Crippen MR) is 207 cm³/mol. The fourth-order valence-electron chi connectivity index (χ4n) is 4.33. The van der Waals surface area contributed by atoms with Crippen LogP contribution in [0, 0.1) is 23.6 Å². The number of pyridine rings is 3. The molecular weight excluding hydrogens is 871 g/mol. The molecule has 0 spiro atoms. The topological polar surface area (TPSA) is 118 Å². The molecule has 0 fully saturated rings. The van der Waals surface area contributed by atoms with Gasteiger partial charge in [0, 0.05) is 31.4 Å². The molecule has 0 aliphatic heterocycles. The molecular formula is C45H42IrN3O6. The minimum Gasteiger partial charge on any atom is -0.447 e. The van der Waals surface area contributed by atoms with E-state index in [4.69, 9.17) is 14.2 Å². The first-order valence-corrected chi connectivity index (χ1v) is 17.5. The van der Waals surface area contributed by atoms with Crippen LogP contribution in [0.5, 0.6) is 17.2 Å². The molecule has 3 heterocycles. The number of benzene rings is 3. The molecule has 0 radical (unpaired) electrons. The Morgan fingerprint density at radius 3 is 1.18 bits per heavy atom. The smallest absolute Gasteiger partial charge is 0.447 e. The summed E-state index contributed by atoms with van der Waals surface area (Å²) in [6.45, 7) is 9.25. The molecule has 0 N–H and O–H groups in total. The van der Waals surface area contributed by atoms with E-state index in [-0.39, 0.29) is 38.0 Å². The Bertz CT molecular complexity index is 2000. The Balaban J connectivity index is 0.000000220. The van der Waals surface area contributed by atoms with Crippen molar-refractivity contribution in [2.24, 2.45) is 5.41 Å². The van der Waals surface area contributed by atoms with E-state index < -0.39 is 5.41 Å². The number of rotatable bonds is 10. The van der Waals surface area contributed by atoms with Gasteiger partial charge in [-0.05, 0) is 55.5 Å². The van der Waals surface area contributed by atoms with Gasteiger partial charge in [0.25, 0.3) is 0 Å². The van der Waals surface area contributed by atoms with Gasteiger partial charge < -0.3 is 29.2 Å². The minimum atomic E-state index is -0.481. The number of hydrogen-bond acceptors (Lipinski definition) is 9. The van der Waals surface area contributed by atoms with E-state index in [1.54, 1.807) is 87.0 Å². The molecule has 6 rings (SSSR count). The summed E-state index contributed by atoms with van der Waals surface area (Å²) < 4.78 is 15.7. The Labute approximate surface area is 336 Å². The maximum absolute atomic E-state index is 12.1. The molecule has 0 unspecified atom stereocenters. The van der Waals surface area contributed by atoms with E-state index in [9.17, 15) is 14.4 Å². The summed E-state index contributed by atoms with van der Waals surface area (Å²) in [5.41, 5.74) is 4.37. The van der Waals surface area contributed by atoms with E-state index in [0.717, 1.165) is 40.2 Å².